The van der Waals surface area contributed by atoms with Gasteiger partial charge in [0.1, 0.15) is 0 Å². The van der Waals surface area contributed by atoms with E-state index >= 15 is 0 Å². The molecule has 0 aliphatic carbocycles. The van der Waals surface area contributed by atoms with Crippen LogP contribution in [0.3, 0.4) is 0 Å². The fourth-order valence-corrected chi connectivity index (χ4v) is 4.69. The zero-order valence-electron chi connectivity index (χ0n) is 16.1. The van der Waals surface area contributed by atoms with Crippen molar-refractivity contribution in [2.24, 2.45) is 0 Å². The second-order valence-corrected chi connectivity index (χ2v) is 8.80. The monoisotopic (exact) mass is 406 g/mol. The highest BCUT2D eigenvalue weighted by Crippen LogP contribution is 2.15. The standard InChI is InChI=1S/C19H26N4O4S/c1-2-17-20-18(27-21-17)9-6-10-19(24)22-11-13-23(14-12-22)28(25,26)15-16-7-4-3-5-8-16/h3-5,7-8H,2,6,9-15H2,1H3. The Morgan fingerprint density at radius 3 is 2.50 bits per heavy atom. The van der Waals surface area contributed by atoms with Crippen LogP contribution in [-0.4, -0.2) is 59.8 Å². The Morgan fingerprint density at radius 1 is 1.14 bits per heavy atom. The number of rotatable bonds is 8. The smallest absolute Gasteiger partial charge is 0.226 e. The first kappa shape index (κ1) is 20.5. The maximum atomic E-state index is 12.6. The van der Waals surface area contributed by atoms with Crippen LogP contribution >= 0.6 is 0 Å². The molecule has 1 fully saturated rings. The molecule has 9 heteroatoms. The predicted octanol–water partition coefficient (Wildman–Crippen LogP) is 1.63. The maximum Gasteiger partial charge on any atom is 0.226 e. The van der Waals surface area contributed by atoms with Gasteiger partial charge in [0.15, 0.2) is 5.82 Å². The zero-order valence-corrected chi connectivity index (χ0v) is 16.9. The number of amides is 1. The van der Waals surface area contributed by atoms with Crippen molar-refractivity contribution in [2.45, 2.75) is 38.4 Å². The molecule has 2 aromatic rings. The Hall–Kier alpha value is -2.26. The van der Waals surface area contributed by atoms with Crippen molar-refractivity contribution in [1.82, 2.24) is 19.3 Å². The molecule has 0 atom stereocenters. The normalized spacial score (nSPS) is 15.7. The van der Waals surface area contributed by atoms with E-state index in [2.05, 4.69) is 10.1 Å². The molecule has 0 saturated carbocycles. The van der Waals surface area contributed by atoms with Crippen LogP contribution in [0.5, 0.6) is 0 Å². The number of carbonyl (C=O) groups excluding carboxylic acids is 1. The molecule has 0 spiro atoms. The van der Waals surface area contributed by atoms with Gasteiger partial charge in [-0.3, -0.25) is 4.79 Å². The number of carbonyl (C=O) groups is 1. The van der Waals surface area contributed by atoms with E-state index in [-0.39, 0.29) is 11.7 Å². The Bertz CT molecular complexity index is 874. The SMILES string of the molecule is CCc1noc(CCCC(=O)N2CCN(S(=O)(=O)Cc3ccccc3)CC2)n1. The molecule has 1 aromatic carbocycles. The summed E-state index contributed by atoms with van der Waals surface area (Å²) in [6.07, 6.45) is 2.32. The molecule has 1 aromatic heterocycles. The van der Waals surface area contributed by atoms with Crippen molar-refractivity contribution >= 4 is 15.9 Å². The number of sulfonamides is 1. The summed E-state index contributed by atoms with van der Waals surface area (Å²) in [5.74, 6) is 1.26. The minimum atomic E-state index is -3.37. The van der Waals surface area contributed by atoms with E-state index in [1.807, 2.05) is 37.3 Å². The zero-order chi connectivity index (χ0) is 20.0. The van der Waals surface area contributed by atoms with Crippen molar-refractivity contribution in [3.05, 3.63) is 47.6 Å². The van der Waals surface area contributed by atoms with Crippen LogP contribution in [0.15, 0.2) is 34.9 Å². The van der Waals surface area contributed by atoms with E-state index in [0.717, 1.165) is 12.0 Å². The van der Waals surface area contributed by atoms with Crippen molar-refractivity contribution in [3.63, 3.8) is 0 Å². The van der Waals surface area contributed by atoms with E-state index in [9.17, 15) is 13.2 Å². The summed E-state index contributed by atoms with van der Waals surface area (Å²) in [5, 5.41) is 3.84. The van der Waals surface area contributed by atoms with Crippen molar-refractivity contribution in [2.75, 3.05) is 26.2 Å². The van der Waals surface area contributed by atoms with Gasteiger partial charge in [-0.25, -0.2) is 8.42 Å². The minimum absolute atomic E-state index is 0.00822. The summed E-state index contributed by atoms with van der Waals surface area (Å²) in [6, 6.07) is 9.15. The molecule has 1 aliphatic rings. The number of aromatic nitrogens is 2. The Kier molecular flexibility index (Phi) is 6.79. The Labute approximate surface area is 165 Å². The summed E-state index contributed by atoms with van der Waals surface area (Å²) in [7, 11) is -3.37. The van der Waals surface area contributed by atoms with Gasteiger partial charge in [-0.15, -0.1) is 0 Å². The Morgan fingerprint density at radius 2 is 1.86 bits per heavy atom. The summed E-state index contributed by atoms with van der Waals surface area (Å²) >= 11 is 0. The molecule has 0 unspecified atom stereocenters. The van der Waals surface area contributed by atoms with Crippen LogP contribution in [0, 0.1) is 0 Å². The average molecular weight is 407 g/mol. The highest BCUT2D eigenvalue weighted by Gasteiger charge is 2.28. The molecule has 28 heavy (non-hydrogen) atoms. The number of hydrogen-bond acceptors (Lipinski definition) is 6. The molecule has 0 N–H and O–H groups in total. The van der Waals surface area contributed by atoms with Crippen LogP contribution in [0.4, 0.5) is 0 Å². The molecule has 152 valence electrons. The summed E-state index contributed by atoms with van der Waals surface area (Å²) in [4.78, 5) is 18.4. The quantitative estimate of drug-likeness (QED) is 0.661. The van der Waals surface area contributed by atoms with E-state index in [0.29, 0.717) is 57.2 Å². The first-order valence-corrected chi connectivity index (χ1v) is 11.2. The van der Waals surface area contributed by atoms with Crippen LogP contribution in [0.2, 0.25) is 0 Å². The lowest BCUT2D eigenvalue weighted by atomic mass is 10.2. The Balaban J connectivity index is 1.43. The summed E-state index contributed by atoms with van der Waals surface area (Å²) < 4.78 is 31.8. The van der Waals surface area contributed by atoms with E-state index in [1.165, 1.54) is 4.31 Å². The third kappa shape index (κ3) is 5.39. The van der Waals surface area contributed by atoms with Crippen molar-refractivity contribution in [1.29, 1.82) is 0 Å². The summed E-state index contributed by atoms with van der Waals surface area (Å²) in [5.41, 5.74) is 0.772. The summed E-state index contributed by atoms with van der Waals surface area (Å²) in [6.45, 7) is 3.48. The number of nitrogens with zero attached hydrogens (tertiary/aromatic N) is 4. The van der Waals surface area contributed by atoms with Gasteiger partial charge in [0.25, 0.3) is 0 Å². The first-order valence-electron chi connectivity index (χ1n) is 9.59. The van der Waals surface area contributed by atoms with Crippen molar-refractivity contribution < 1.29 is 17.7 Å². The third-order valence-corrected chi connectivity index (χ3v) is 6.63. The largest absolute Gasteiger partial charge is 0.340 e. The second-order valence-electron chi connectivity index (χ2n) is 6.83. The molecule has 1 saturated heterocycles. The highest BCUT2D eigenvalue weighted by atomic mass is 32.2. The lowest BCUT2D eigenvalue weighted by Crippen LogP contribution is -2.50. The van der Waals surface area contributed by atoms with Gasteiger partial charge < -0.3 is 9.42 Å². The molecule has 1 aliphatic heterocycles. The minimum Gasteiger partial charge on any atom is -0.340 e. The van der Waals surface area contributed by atoms with Crippen molar-refractivity contribution in [3.8, 4) is 0 Å². The molecule has 2 heterocycles. The second kappa shape index (κ2) is 9.29. The van der Waals surface area contributed by atoms with Crippen LogP contribution < -0.4 is 0 Å². The lowest BCUT2D eigenvalue weighted by Gasteiger charge is -2.34. The molecule has 0 radical (unpaired) electrons. The third-order valence-electron chi connectivity index (χ3n) is 4.78. The molecule has 1 amide bonds. The number of benzene rings is 1. The first-order chi connectivity index (χ1) is 13.5. The molecule has 3 rings (SSSR count). The van der Waals surface area contributed by atoms with E-state index in [4.69, 9.17) is 4.52 Å². The molecule has 8 nitrogen and oxygen atoms in total. The van der Waals surface area contributed by atoms with Gasteiger partial charge in [0, 0.05) is 45.4 Å². The fraction of sp³-hybridized carbons (Fsp3) is 0.526. The van der Waals surface area contributed by atoms with Gasteiger partial charge in [-0.05, 0) is 12.0 Å². The molecular formula is C19H26N4O4S. The van der Waals surface area contributed by atoms with Crippen LogP contribution in [-0.2, 0) is 33.4 Å². The molecule has 0 bridgehead atoms. The van der Waals surface area contributed by atoms with Gasteiger partial charge in [0.2, 0.25) is 21.8 Å². The number of hydrogen-bond donors (Lipinski definition) is 0. The van der Waals surface area contributed by atoms with Crippen LogP contribution in [0.1, 0.15) is 37.0 Å². The predicted molar refractivity (Wildman–Crippen MR) is 104 cm³/mol. The number of piperazine rings is 1. The number of aryl methyl sites for hydroxylation is 2. The average Bonchev–Trinajstić information content (AvgIpc) is 3.16. The maximum absolute atomic E-state index is 12.6. The highest BCUT2D eigenvalue weighted by molar-refractivity contribution is 7.88. The van der Waals surface area contributed by atoms with E-state index in [1.54, 1.807) is 4.90 Å². The van der Waals surface area contributed by atoms with Gasteiger partial charge >= 0.3 is 0 Å². The van der Waals surface area contributed by atoms with Crippen LogP contribution in [0.25, 0.3) is 0 Å². The lowest BCUT2D eigenvalue weighted by molar-refractivity contribution is -0.132. The van der Waals surface area contributed by atoms with Gasteiger partial charge in [-0.1, -0.05) is 42.4 Å². The molecular weight excluding hydrogens is 380 g/mol. The topological polar surface area (TPSA) is 96.6 Å². The van der Waals surface area contributed by atoms with E-state index < -0.39 is 10.0 Å². The van der Waals surface area contributed by atoms with Gasteiger partial charge in [0.05, 0.1) is 5.75 Å². The van der Waals surface area contributed by atoms with Gasteiger partial charge in [-0.2, -0.15) is 9.29 Å². The fourth-order valence-electron chi connectivity index (χ4n) is 3.18.